The number of hydrogen-bond donors (Lipinski definition) is 7. The van der Waals surface area contributed by atoms with E-state index in [4.69, 9.17) is 0 Å². The van der Waals surface area contributed by atoms with Gasteiger partial charge in [0.25, 0.3) is 30.4 Å². The molecule has 0 spiro atoms. The monoisotopic (exact) mass is 708 g/mol. The highest BCUT2D eigenvalue weighted by Gasteiger charge is 2.23. The molecule has 0 bridgehead atoms. The van der Waals surface area contributed by atoms with Crippen LogP contribution in [0, 0.1) is 6.92 Å². The van der Waals surface area contributed by atoms with Crippen LogP contribution in [-0.2, 0) is 35.1 Å². The number of phenols is 2. The number of amides is 1. The van der Waals surface area contributed by atoms with Crippen LogP contribution in [-0.4, -0.2) is 68.6 Å². The molecule has 0 aliphatic heterocycles. The SMILES string of the molecule is CNCC(=O)Nc1ccc2c(O)c(N=Nc3cc(C)c(N=Nc4cc(S(=O)(=O)O)ccc4S(=O)(=O)O)cc3O)c(S(=O)(=O)O)cc2c1. The summed E-state index contributed by atoms with van der Waals surface area (Å²) in [7, 11) is -13.1. The van der Waals surface area contributed by atoms with Crippen LogP contribution < -0.4 is 10.6 Å². The lowest BCUT2D eigenvalue weighted by Gasteiger charge is -2.11. The Morgan fingerprint density at radius 2 is 1.36 bits per heavy atom. The zero-order valence-electron chi connectivity index (χ0n) is 24.0. The van der Waals surface area contributed by atoms with E-state index in [9.17, 15) is 53.9 Å². The zero-order valence-corrected chi connectivity index (χ0v) is 26.5. The van der Waals surface area contributed by atoms with E-state index < -0.39 is 73.8 Å². The van der Waals surface area contributed by atoms with Crippen molar-refractivity contribution in [2.45, 2.75) is 21.6 Å². The van der Waals surface area contributed by atoms with Crippen molar-refractivity contribution >= 4 is 75.5 Å². The van der Waals surface area contributed by atoms with Gasteiger partial charge in [0.2, 0.25) is 5.91 Å². The van der Waals surface area contributed by atoms with E-state index >= 15 is 0 Å². The largest absolute Gasteiger partial charge is 0.506 e. The Balaban J connectivity index is 1.74. The van der Waals surface area contributed by atoms with Gasteiger partial charge in [0, 0.05) is 17.1 Å². The summed E-state index contributed by atoms with van der Waals surface area (Å²) in [6, 6.07) is 9.39. The number of carbonyl (C=O) groups excluding carboxylic acids is 1. The first-order chi connectivity index (χ1) is 21.8. The van der Waals surface area contributed by atoms with Crippen LogP contribution >= 0.6 is 0 Å². The van der Waals surface area contributed by atoms with E-state index in [0.29, 0.717) is 12.1 Å². The smallest absolute Gasteiger partial charge is 0.296 e. The normalized spacial score (nSPS) is 12.7. The summed E-state index contributed by atoms with van der Waals surface area (Å²) in [5, 5.41) is 41.9. The summed E-state index contributed by atoms with van der Waals surface area (Å²) < 4.78 is 99.5. The van der Waals surface area contributed by atoms with Gasteiger partial charge in [0.15, 0.2) is 5.75 Å². The van der Waals surface area contributed by atoms with Crippen LogP contribution in [0.2, 0.25) is 0 Å². The van der Waals surface area contributed by atoms with Gasteiger partial charge in [-0.2, -0.15) is 30.4 Å². The second-order valence-corrected chi connectivity index (χ2v) is 13.9. The topological polar surface area (TPSA) is 294 Å². The predicted molar refractivity (Wildman–Crippen MR) is 165 cm³/mol. The lowest BCUT2D eigenvalue weighted by molar-refractivity contribution is -0.115. The molecule has 0 fully saturated rings. The molecular weight excluding hydrogens is 685 g/mol. The number of benzene rings is 4. The molecule has 248 valence electrons. The van der Waals surface area contributed by atoms with Gasteiger partial charge < -0.3 is 20.8 Å². The van der Waals surface area contributed by atoms with E-state index in [1.54, 1.807) is 7.05 Å². The van der Waals surface area contributed by atoms with Crippen molar-refractivity contribution < 1.29 is 53.9 Å². The van der Waals surface area contributed by atoms with E-state index in [1.165, 1.54) is 31.2 Å². The minimum atomic E-state index is -5.00. The van der Waals surface area contributed by atoms with Crippen LogP contribution in [0.5, 0.6) is 11.5 Å². The highest BCUT2D eigenvalue weighted by Crippen LogP contribution is 2.43. The van der Waals surface area contributed by atoms with Gasteiger partial charge >= 0.3 is 0 Å². The highest BCUT2D eigenvalue weighted by atomic mass is 32.2. The van der Waals surface area contributed by atoms with Gasteiger partial charge in [0.1, 0.15) is 32.6 Å². The number of phenolic OH excluding ortho intramolecular Hbond substituents is 2. The maximum atomic E-state index is 12.2. The number of carbonyl (C=O) groups is 1. The van der Waals surface area contributed by atoms with Crippen molar-refractivity contribution in [1.29, 1.82) is 0 Å². The van der Waals surface area contributed by atoms with Crippen molar-refractivity contribution in [2.75, 3.05) is 18.9 Å². The highest BCUT2D eigenvalue weighted by molar-refractivity contribution is 7.86. The number of fused-ring (bicyclic) bond motifs is 1. The van der Waals surface area contributed by atoms with Crippen molar-refractivity contribution in [3.8, 4) is 11.5 Å². The molecule has 0 aromatic heterocycles. The molecule has 4 aromatic carbocycles. The molecule has 4 aromatic rings. The standard InChI is InChI=1S/C26H24N6O12S3/c1-13-7-19(21(33)11-18(13)29-31-20-10-16(45(36,37)38)4-6-22(20)46(39,40)41)30-32-25-23(47(42,43)44)9-14-8-15(28-24(34)12-27-2)3-5-17(14)26(25)35/h3-11,27,33,35H,12H2,1-2H3,(H,28,34)(H,36,37,38)(H,39,40,41)(H,42,43,44). The van der Waals surface area contributed by atoms with Gasteiger partial charge in [-0.3, -0.25) is 18.5 Å². The van der Waals surface area contributed by atoms with Crippen LogP contribution in [0.15, 0.2) is 89.7 Å². The third kappa shape index (κ3) is 8.10. The van der Waals surface area contributed by atoms with Crippen LogP contribution in [0.4, 0.5) is 28.4 Å². The van der Waals surface area contributed by atoms with Crippen molar-refractivity contribution in [2.24, 2.45) is 20.5 Å². The van der Waals surface area contributed by atoms with Crippen molar-refractivity contribution in [3.05, 3.63) is 60.2 Å². The second-order valence-electron chi connectivity index (χ2n) is 9.67. The minimum Gasteiger partial charge on any atom is -0.506 e. The molecule has 4 rings (SSSR count). The third-order valence-corrected chi connectivity index (χ3v) is 8.89. The molecule has 7 N–H and O–H groups in total. The summed E-state index contributed by atoms with van der Waals surface area (Å²) >= 11 is 0. The fraction of sp³-hybridized carbons (Fsp3) is 0.115. The molecule has 0 atom stereocenters. The first-order valence-corrected chi connectivity index (χ1v) is 17.1. The van der Waals surface area contributed by atoms with E-state index in [-0.39, 0.29) is 39.9 Å². The third-order valence-electron chi connectivity index (χ3n) is 6.27. The number of aryl methyl sites for hydroxylation is 1. The minimum absolute atomic E-state index is 0.00503. The maximum Gasteiger partial charge on any atom is 0.296 e. The van der Waals surface area contributed by atoms with Gasteiger partial charge in [-0.1, -0.05) is 0 Å². The Bertz CT molecular complexity index is 2330. The second kappa shape index (κ2) is 13.1. The first-order valence-electron chi connectivity index (χ1n) is 12.8. The molecular formula is C26H24N6O12S3. The molecule has 0 aliphatic carbocycles. The Labute approximate surface area is 266 Å². The molecule has 0 saturated heterocycles. The summed E-state index contributed by atoms with van der Waals surface area (Å²) in [4.78, 5) is 9.49. The predicted octanol–water partition coefficient (Wildman–Crippen LogP) is 4.29. The Morgan fingerprint density at radius 1 is 0.723 bits per heavy atom. The Hall–Kier alpha value is -4.90. The lowest BCUT2D eigenvalue weighted by atomic mass is 10.1. The number of anilines is 1. The fourth-order valence-corrected chi connectivity index (χ4v) is 5.87. The number of rotatable bonds is 10. The molecule has 0 radical (unpaired) electrons. The van der Waals surface area contributed by atoms with Crippen LogP contribution in [0.25, 0.3) is 10.8 Å². The van der Waals surface area contributed by atoms with Gasteiger partial charge in [-0.15, -0.1) is 15.3 Å². The number of likely N-dealkylation sites (N-methyl/N-ethyl adjacent to an activating group) is 1. The molecule has 0 aliphatic rings. The van der Waals surface area contributed by atoms with Crippen LogP contribution in [0.3, 0.4) is 0 Å². The van der Waals surface area contributed by atoms with E-state index in [2.05, 4.69) is 31.1 Å². The average Bonchev–Trinajstić information content (AvgIpc) is 2.95. The first kappa shape index (κ1) is 35.0. The maximum absolute atomic E-state index is 12.2. The summed E-state index contributed by atoms with van der Waals surface area (Å²) in [6.45, 7) is 1.43. The molecule has 0 unspecified atom stereocenters. The number of nitrogens with one attached hydrogen (secondary N) is 2. The molecule has 0 saturated carbocycles. The zero-order chi connectivity index (χ0) is 34.9. The van der Waals surface area contributed by atoms with Gasteiger partial charge in [-0.05, 0) is 73.5 Å². The number of hydrogen-bond acceptors (Lipinski definition) is 14. The quantitative estimate of drug-likeness (QED) is 0.0894. The van der Waals surface area contributed by atoms with Crippen LogP contribution in [0.1, 0.15) is 5.56 Å². The van der Waals surface area contributed by atoms with E-state index in [0.717, 1.165) is 18.2 Å². The lowest BCUT2D eigenvalue weighted by Crippen LogP contribution is -2.24. The molecule has 0 heterocycles. The number of nitrogens with zero attached hydrogens (tertiary/aromatic N) is 4. The average molecular weight is 709 g/mol. The van der Waals surface area contributed by atoms with Crippen molar-refractivity contribution in [1.82, 2.24) is 5.32 Å². The summed E-state index contributed by atoms with van der Waals surface area (Å²) in [5.74, 6) is -1.71. The molecule has 47 heavy (non-hydrogen) atoms. The van der Waals surface area contributed by atoms with Crippen molar-refractivity contribution in [3.63, 3.8) is 0 Å². The Kier molecular flexibility index (Phi) is 9.73. The number of azo groups is 2. The molecule has 21 heteroatoms. The summed E-state index contributed by atoms with van der Waals surface area (Å²) in [6.07, 6.45) is 0. The van der Waals surface area contributed by atoms with Gasteiger partial charge in [-0.25, -0.2) is 0 Å². The van der Waals surface area contributed by atoms with E-state index in [1.807, 2.05) is 0 Å². The number of aromatic hydroxyl groups is 2. The molecule has 18 nitrogen and oxygen atoms in total. The van der Waals surface area contributed by atoms with Gasteiger partial charge in [0.05, 0.1) is 17.1 Å². The fourth-order valence-electron chi connectivity index (χ4n) is 4.11. The molecule has 1 amide bonds. The Morgan fingerprint density at radius 3 is 1.98 bits per heavy atom. The summed E-state index contributed by atoms with van der Waals surface area (Å²) in [5.41, 5.74) is -1.25.